The van der Waals surface area contributed by atoms with Crippen LogP contribution in [0, 0.1) is 5.82 Å². The fourth-order valence-corrected chi connectivity index (χ4v) is 4.89. The molecule has 0 bridgehead atoms. The second-order valence-electron chi connectivity index (χ2n) is 9.14. The van der Waals surface area contributed by atoms with Crippen molar-refractivity contribution in [1.82, 2.24) is 0 Å². The molecule has 0 aromatic heterocycles. The molecule has 4 aromatic carbocycles. The Morgan fingerprint density at radius 3 is 2.16 bits per heavy atom. The lowest BCUT2D eigenvalue weighted by atomic mass is 10.0. The Morgan fingerprint density at radius 2 is 1.54 bits per heavy atom. The summed E-state index contributed by atoms with van der Waals surface area (Å²) in [5.41, 5.74) is 6.34. The van der Waals surface area contributed by atoms with E-state index in [9.17, 15) is 9.50 Å². The van der Waals surface area contributed by atoms with Crippen LogP contribution in [0.5, 0.6) is 0 Å². The molecular weight excluding hydrogens is 465 g/mol. The highest BCUT2D eigenvalue weighted by molar-refractivity contribution is 5.93. The zero-order valence-corrected chi connectivity index (χ0v) is 20.8. The van der Waals surface area contributed by atoms with Crippen molar-refractivity contribution >= 4 is 22.9 Å². The third kappa shape index (κ3) is 6.05. The molecule has 0 saturated carbocycles. The number of aliphatic hydroxyl groups excluding tert-OH is 1. The lowest BCUT2D eigenvalue weighted by Crippen LogP contribution is -2.30. The molecule has 0 saturated heterocycles. The number of para-hydroxylation sites is 2. The summed E-state index contributed by atoms with van der Waals surface area (Å²) >= 11 is 0. The molecule has 2 atom stereocenters. The molecule has 4 aromatic rings. The van der Waals surface area contributed by atoms with Crippen molar-refractivity contribution in [1.29, 1.82) is 0 Å². The predicted molar refractivity (Wildman–Crippen MR) is 149 cm³/mol. The molecule has 0 amide bonds. The fourth-order valence-electron chi connectivity index (χ4n) is 4.89. The minimum atomic E-state index is -0.527. The Bertz CT molecular complexity index is 1290. The molecule has 190 valence electrons. The molecule has 4 N–H and O–H groups in total. The highest BCUT2D eigenvalue weighted by Crippen LogP contribution is 2.43. The van der Waals surface area contributed by atoms with E-state index >= 15 is 0 Å². The van der Waals surface area contributed by atoms with Crippen molar-refractivity contribution in [2.24, 2.45) is 4.99 Å². The highest BCUT2D eigenvalue weighted by atomic mass is 19.1. The zero-order chi connectivity index (χ0) is 24.9. The summed E-state index contributed by atoms with van der Waals surface area (Å²) < 4.78 is 13.1. The monoisotopic (exact) mass is 497 g/mol. The van der Waals surface area contributed by atoms with E-state index in [1.807, 2.05) is 49.4 Å². The molecule has 6 heteroatoms. The van der Waals surface area contributed by atoms with Gasteiger partial charge >= 0.3 is 0 Å². The van der Waals surface area contributed by atoms with Gasteiger partial charge in [-0.05, 0) is 78.6 Å². The van der Waals surface area contributed by atoms with Crippen molar-refractivity contribution in [3.63, 3.8) is 0 Å². The number of amidine groups is 1. The van der Waals surface area contributed by atoms with Crippen molar-refractivity contribution in [2.75, 3.05) is 16.8 Å². The van der Waals surface area contributed by atoms with E-state index in [4.69, 9.17) is 0 Å². The minimum absolute atomic E-state index is 0. The van der Waals surface area contributed by atoms with Gasteiger partial charge in [0, 0.05) is 30.0 Å². The number of halogens is 1. The number of aliphatic imine (C=N–C) groups is 1. The first-order chi connectivity index (χ1) is 17.6. The van der Waals surface area contributed by atoms with Crippen LogP contribution in [0.4, 0.5) is 21.5 Å². The fraction of sp³-hybridized carbons (Fsp3) is 0.194. The molecule has 1 aliphatic rings. The summed E-state index contributed by atoms with van der Waals surface area (Å²) in [5.74, 6) is 0.591. The Hall–Kier alpha value is -4.00. The number of nitrogens with zero attached hydrogens (tertiary/aromatic N) is 2. The third-order valence-electron chi connectivity index (χ3n) is 6.59. The molecule has 1 aliphatic carbocycles. The van der Waals surface area contributed by atoms with E-state index in [1.165, 1.54) is 12.1 Å². The number of hydrogen-bond acceptors (Lipinski definition) is 3. The largest absolute Gasteiger partial charge is 0.412 e. The van der Waals surface area contributed by atoms with Gasteiger partial charge in [0.05, 0.1) is 18.0 Å². The Morgan fingerprint density at radius 1 is 0.919 bits per heavy atom. The average molecular weight is 498 g/mol. The van der Waals surface area contributed by atoms with Crippen molar-refractivity contribution in [3.05, 3.63) is 126 Å². The lowest BCUT2D eigenvalue weighted by Gasteiger charge is -2.34. The molecule has 37 heavy (non-hydrogen) atoms. The van der Waals surface area contributed by atoms with Crippen LogP contribution < -0.4 is 10.2 Å². The van der Waals surface area contributed by atoms with Crippen molar-refractivity contribution < 1.29 is 15.0 Å². The van der Waals surface area contributed by atoms with Crippen molar-refractivity contribution in [2.45, 2.75) is 31.9 Å². The van der Waals surface area contributed by atoms with Crippen molar-refractivity contribution in [3.8, 4) is 0 Å². The van der Waals surface area contributed by atoms with Gasteiger partial charge in [-0.3, -0.25) is 4.99 Å². The van der Waals surface area contributed by atoms with Crippen LogP contribution in [0.15, 0.2) is 108 Å². The van der Waals surface area contributed by atoms with E-state index in [0.29, 0.717) is 13.0 Å². The van der Waals surface area contributed by atoms with Crippen LogP contribution in [-0.2, 0) is 12.8 Å². The van der Waals surface area contributed by atoms with Gasteiger partial charge in [0.15, 0.2) is 0 Å². The van der Waals surface area contributed by atoms with Crippen LogP contribution in [-0.4, -0.2) is 29.1 Å². The van der Waals surface area contributed by atoms with Gasteiger partial charge in [0.1, 0.15) is 5.82 Å². The second kappa shape index (κ2) is 11.8. The van der Waals surface area contributed by atoms with Gasteiger partial charge < -0.3 is 20.8 Å². The molecule has 0 aliphatic heterocycles. The smallest absolute Gasteiger partial charge is 0.123 e. The summed E-state index contributed by atoms with van der Waals surface area (Å²) in [4.78, 5) is 6.87. The van der Waals surface area contributed by atoms with Gasteiger partial charge in [0.2, 0.25) is 0 Å². The summed E-state index contributed by atoms with van der Waals surface area (Å²) in [6.45, 7) is 2.57. The predicted octanol–water partition coefficient (Wildman–Crippen LogP) is 5.87. The Balaban J connectivity index is 0.00000320. The van der Waals surface area contributed by atoms with Gasteiger partial charge in [-0.2, -0.15) is 0 Å². The van der Waals surface area contributed by atoms with Gasteiger partial charge in [-0.25, -0.2) is 4.39 Å². The molecule has 5 nitrogen and oxygen atoms in total. The normalized spacial score (nSPS) is 16.6. The van der Waals surface area contributed by atoms with Crippen LogP contribution in [0.3, 0.4) is 0 Å². The summed E-state index contributed by atoms with van der Waals surface area (Å²) in [6, 6.07) is 33.1. The number of hydrogen-bond donors (Lipinski definition) is 2. The van der Waals surface area contributed by atoms with Crippen LogP contribution >= 0.6 is 0 Å². The van der Waals surface area contributed by atoms with E-state index < -0.39 is 6.10 Å². The molecule has 2 unspecified atom stereocenters. The summed E-state index contributed by atoms with van der Waals surface area (Å²) in [7, 11) is 0. The topological polar surface area (TPSA) is 79.4 Å². The first kappa shape index (κ1) is 26.1. The number of benzene rings is 4. The van der Waals surface area contributed by atoms with Crippen LogP contribution in [0.2, 0.25) is 0 Å². The minimum Gasteiger partial charge on any atom is -0.412 e. The summed E-state index contributed by atoms with van der Waals surface area (Å²) in [6.07, 6.45) is 0.836. The van der Waals surface area contributed by atoms with E-state index in [-0.39, 0.29) is 17.3 Å². The molecule has 0 radical (unpaired) electrons. The Kier molecular flexibility index (Phi) is 8.33. The highest BCUT2D eigenvalue weighted by Gasteiger charge is 2.36. The number of fused-ring (bicyclic) bond motifs is 1. The molecule has 5 rings (SSSR count). The first-order valence-corrected chi connectivity index (χ1v) is 12.3. The van der Waals surface area contributed by atoms with Gasteiger partial charge in [-0.15, -0.1) is 0 Å². The van der Waals surface area contributed by atoms with Crippen LogP contribution in [0.1, 0.15) is 29.7 Å². The maximum absolute atomic E-state index is 13.1. The average Bonchev–Trinajstić information content (AvgIpc) is 3.22. The Labute approximate surface area is 217 Å². The quantitative estimate of drug-likeness (QED) is 0.248. The molecule has 0 spiro atoms. The number of aliphatic hydroxyl groups is 1. The summed E-state index contributed by atoms with van der Waals surface area (Å²) in [5, 5.41) is 14.6. The van der Waals surface area contributed by atoms with Crippen LogP contribution in [0.25, 0.3) is 0 Å². The first-order valence-electron chi connectivity index (χ1n) is 12.3. The maximum atomic E-state index is 13.1. The van der Waals surface area contributed by atoms with Gasteiger partial charge in [-0.1, -0.05) is 54.6 Å². The van der Waals surface area contributed by atoms with E-state index in [0.717, 1.165) is 46.0 Å². The number of anilines is 3. The SMILES string of the molecule is CC(=NCCc1ccc(F)cc1)Nc1ccc2c(c1)C(N(c1ccccc1)c1ccccc1)C(O)C2.O. The third-order valence-corrected chi connectivity index (χ3v) is 6.59. The van der Waals surface area contributed by atoms with E-state index in [1.54, 1.807) is 12.1 Å². The molecule has 0 heterocycles. The molecule has 0 fully saturated rings. The lowest BCUT2D eigenvalue weighted by molar-refractivity contribution is 0.158. The standard InChI is InChI=1S/C31H30FN3O.H2O/c1-22(33-19-18-23-12-15-25(32)16-13-23)34-26-17-14-24-20-30(36)31(29(24)21-26)35(27-8-4-2-5-9-27)28-10-6-3-7-11-28;/h2-17,21,30-31,36H,18-20H2,1H3,(H,33,34);1H2. The maximum Gasteiger partial charge on any atom is 0.123 e. The molecular formula is C31H32FN3O2. The second-order valence-corrected chi connectivity index (χ2v) is 9.14. The number of rotatable bonds is 7. The van der Waals surface area contributed by atoms with E-state index in [2.05, 4.69) is 51.6 Å². The van der Waals surface area contributed by atoms with Gasteiger partial charge in [0.25, 0.3) is 0 Å². The zero-order valence-electron chi connectivity index (χ0n) is 20.8. The number of nitrogens with one attached hydrogen (secondary N) is 1.